The number of rotatable bonds is 4. The minimum Gasteiger partial charge on any atom is -0.313 e. The highest BCUT2D eigenvalue weighted by atomic mass is 35.5. The molecule has 0 aliphatic heterocycles. The van der Waals surface area contributed by atoms with Crippen LogP contribution in [0.3, 0.4) is 0 Å². The summed E-state index contributed by atoms with van der Waals surface area (Å²) in [6.07, 6.45) is 0. The minimum atomic E-state index is -2.89. The van der Waals surface area contributed by atoms with Crippen molar-refractivity contribution in [1.29, 1.82) is 0 Å². The number of carbonyl (C=O) groups excluding carboxylic acids is 1. The van der Waals surface area contributed by atoms with Crippen LogP contribution >= 0.6 is 42.1 Å². The van der Waals surface area contributed by atoms with Gasteiger partial charge in [-0.2, -0.15) is 0 Å². The van der Waals surface area contributed by atoms with Crippen molar-refractivity contribution < 1.29 is 9.36 Å². The zero-order valence-corrected chi connectivity index (χ0v) is 14.5. The average molecular weight is 359 g/mol. The van der Waals surface area contributed by atoms with Crippen LogP contribution in [0.1, 0.15) is 6.92 Å². The first-order valence-electron chi connectivity index (χ1n) is 6.16. The summed E-state index contributed by atoms with van der Waals surface area (Å²) < 4.78 is 13.5. The Labute approximate surface area is 138 Å². The summed E-state index contributed by atoms with van der Waals surface area (Å²) in [6.45, 7) is 1.47. The molecule has 0 heterocycles. The molecule has 0 fully saturated rings. The lowest BCUT2D eigenvalue weighted by molar-refractivity contribution is -0.109. The molecular weight excluding hydrogens is 346 g/mol. The van der Waals surface area contributed by atoms with Crippen LogP contribution in [0.25, 0.3) is 0 Å². The molecule has 2 aromatic carbocycles. The molecule has 6 heteroatoms. The SMILES string of the molecule is CC(=O)SCP(=O)(c1ccc(Cl)cc1)c1ccc(Cl)cc1. The lowest BCUT2D eigenvalue weighted by Crippen LogP contribution is -2.18. The highest BCUT2D eigenvalue weighted by Crippen LogP contribution is 2.46. The average Bonchev–Trinajstić information content (AvgIpc) is 2.46. The van der Waals surface area contributed by atoms with Gasteiger partial charge in [0.05, 0.1) is 5.49 Å². The van der Waals surface area contributed by atoms with E-state index in [1.807, 2.05) is 0 Å². The summed E-state index contributed by atoms with van der Waals surface area (Å²) in [5, 5.41) is 2.48. The first-order chi connectivity index (χ1) is 9.91. The number of carbonyl (C=O) groups is 1. The topological polar surface area (TPSA) is 34.1 Å². The van der Waals surface area contributed by atoms with E-state index in [1.165, 1.54) is 6.92 Å². The Morgan fingerprint density at radius 1 is 0.952 bits per heavy atom. The number of hydrogen-bond acceptors (Lipinski definition) is 3. The second kappa shape index (κ2) is 7.02. The number of hydrogen-bond donors (Lipinski definition) is 0. The van der Waals surface area contributed by atoms with Gasteiger partial charge in [-0.05, 0) is 48.5 Å². The monoisotopic (exact) mass is 358 g/mol. The van der Waals surface area contributed by atoms with Gasteiger partial charge >= 0.3 is 0 Å². The van der Waals surface area contributed by atoms with E-state index in [2.05, 4.69) is 0 Å². The van der Waals surface area contributed by atoms with Crippen molar-refractivity contribution in [2.75, 3.05) is 5.49 Å². The first kappa shape index (κ1) is 16.6. The van der Waals surface area contributed by atoms with Crippen molar-refractivity contribution in [2.24, 2.45) is 0 Å². The smallest absolute Gasteiger partial charge is 0.186 e. The van der Waals surface area contributed by atoms with Gasteiger partial charge in [0.2, 0.25) is 0 Å². The van der Waals surface area contributed by atoms with Crippen LogP contribution in [0.4, 0.5) is 0 Å². The number of halogens is 2. The van der Waals surface area contributed by atoms with E-state index in [4.69, 9.17) is 23.2 Å². The van der Waals surface area contributed by atoms with Crippen LogP contribution in [-0.2, 0) is 9.36 Å². The molecule has 0 aromatic heterocycles. The highest BCUT2D eigenvalue weighted by Gasteiger charge is 2.28. The van der Waals surface area contributed by atoms with Crippen molar-refractivity contribution in [3.8, 4) is 0 Å². The van der Waals surface area contributed by atoms with E-state index in [0.29, 0.717) is 20.7 Å². The van der Waals surface area contributed by atoms with Gasteiger partial charge in [0.15, 0.2) is 12.3 Å². The molecule has 0 aliphatic rings. The van der Waals surface area contributed by atoms with Crippen LogP contribution in [0.5, 0.6) is 0 Å². The molecule has 2 aromatic rings. The van der Waals surface area contributed by atoms with Crippen molar-refractivity contribution >= 4 is 57.8 Å². The van der Waals surface area contributed by atoms with Gasteiger partial charge in [-0.1, -0.05) is 35.0 Å². The summed E-state index contributed by atoms with van der Waals surface area (Å²) in [6, 6.07) is 13.8. The molecule has 0 N–H and O–H groups in total. The zero-order chi connectivity index (χ0) is 15.5. The molecule has 0 amide bonds. The van der Waals surface area contributed by atoms with E-state index in [1.54, 1.807) is 48.5 Å². The quantitative estimate of drug-likeness (QED) is 0.752. The van der Waals surface area contributed by atoms with Gasteiger partial charge < -0.3 is 4.57 Å². The van der Waals surface area contributed by atoms with Gasteiger partial charge in [-0.25, -0.2) is 0 Å². The molecule has 0 atom stereocenters. The fraction of sp³-hybridized carbons (Fsp3) is 0.133. The molecule has 21 heavy (non-hydrogen) atoms. The van der Waals surface area contributed by atoms with Crippen LogP contribution in [0.15, 0.2) is 48.5 Å². The summed E-state index contributed by atoms with van der Waals surface area (Å²) in [4.78, 5) is 11.3. The van der Waals surface area contributed by atoms with Crippen molar-refractivity contribution in [2.45, 2.75) is 6.92 Å². The van der Waals surface area contributed by atoms with Crippen molar-refractivity contribution in [3.63, 3.8) is 0 Å². The van der Waals surface area contributed by atoms with Gasteiger partial charge in [0, 0.05) is 27.6 Å². The predicted molar refractivity (Wildman–Crippen MR) is 92.9 cm³/mol. The zero-order valence-electron chi connectivity index (χ0n) is 11.3. The molecule has 0 aliphatic carbocycles. The van der Waals surface area contributed by atoms with Gasteiger partial charge in [-0.15, -0.1) is 0 Å². The second-order valence-electron chi connectivity index (χ2n) is 4.46. The Hall–Kier alpha value is -0.730. The third-order valence-electron chi connectivity index (χ3n) is 2.94. The lowest BCUT2D eigenvalue weighted by atomic mass is 10.4. The minimum absolute atomic E-state index is 0.0573. The van der Waals surface area contributed by atoms with E-state index in [-0.39, 0.29) is 10.6 Å². The maximum Gasteiger partial charge on any atom is 0.186 e. The molecule has 0 saturated heterocycles. The third kappa shape index (κ3) is 4.14. The van der Waals surface area contributed by atoms with Gasteiger partial charge in [0.25, 0.3) is 0 Å². The molecular formula is C15H13Cl2O2PS. The fourth-order valence-corrected chi connectivity index (χ4v) is 6.30. The Morgan fingerprint density at radius 3 is 1.67 bits per heavy atom. The summed E-state index contributed by atoms with van der Waals surface area (Å²) >= 11 is 12.8. The third-order valence-corrected chi connectivity index (χ3v) is 8.08. The van der Waals surface area contributed by atoms with E-state index >= 15 is 0 Å². The van der Waals surface area contributed by atoms with Crippen molar-refractivity contribution in [3.05, 3.63) is 58.6 Å². The summed E-state index contributed by atoms with van der Waals surface area (Å²) in [7, 11) is -2.89. The number of thioether (sulfide) groups is 1. The molecule has 0 spiro atoms. The molecule has 0 bridgehead atoms. The largest absolute Gasteiger partial charge is 0.313 e. The van der Waals surface area contributed by atoms with Gasteiger partial charge in [-0.3, -0.25) is 4.79 Å². The molecule has 2 rings (SSSR count). The highest BCUT2D eigenvalue weighted by molar-refractivity contribution is 8.19. The Balaban J connectivity index is 2.48. The van der Waals surface area contributed by atoms with Crippen LogP contribution < -0.4 is 10.6 Å². The normalized spacial score (nSPS) is 11.4. The maximum absolute atomic E-state index is 13.5. The van der Waals surface area contributed by atoms with E-state index in [9.17, 15) is 9.36 Å². The molecule has 2 nitrogen and oxygen atoms in total. The molecule has 110 valence electrons. The Kier molecular flexibility index (Phi) is 5.56. The van der Waals surface area contributed by atoms with Crippen LogP contribution in [0, 0.1) is 0 Å². The first-order valence-corrected chi connectivity index (χ1v) is 9.80. The summed E-state index contributed by atoms with van der Waals surface area (Å²) in [5.74, 6) is 0. The second-order valence-corrected chi connectivity index (χ2v) is 9.74. The molecule has 0 radical (unpaired) electrons. The maximum atomic E-state index is 13.5. The summed E-state index contributed by atoms with van der Waals surface area (Å²) in [5.41, 5.74) is 0.228. The van der Waals surface area contributed by atoms with Crippen molar-refractivity contribution in [1.82, 2.24) is 0 Å². The lowest BCUT2D eigenvalue weighted by Gasteiger charge is -2.18. The predicted octanol–water partition coefficient (Wildman–Crippen LogP) is 4.54. The van der Waals surface area contributed by atoms with Crippen LogP contribution in [-0.4, -0.2) is 10.6 Å². The van der Waals surface area contributed by atoms with Crippen LogP contribution in [0.2, 0.25) is 10.0 Å². The molecule has 0 unspecified atom stereocenters. The van der Waals surface area contributed by atoms with E-state index in [0.717, 1.165) is 11.8 Å². The standard InChI is InChI=1S/C15H13Cl2O2PS/c1-11(18)21-10-20(19,14-6-2-12(16)3-7-14)15-8-4-13(17)5-9-15/h2-9H,10H2,1H3. The fourth-order valence-electron chi connectivity index (χ4n) is 1.84. The van der Waals surface area contributed by atoms with E-state index < -0.39 is 7.14 Å². The molecule has 0 saturated carbocycles. The van der Waals surface area contributed by atoms with Gasteiger partial charge in [0.1, 0.15) is 0 Å². The Bertz CT molecular complexity index is 634. The Morgan fingerprint density at radius 2 is 1.33 bits per heavy atom. The number of benzene rings is 2.